The highest BCUT2D eigenvalue weighted by Crippen LogP contribution is 2.32. The van der Waals surface area contributed by atoms with E-state index in [4.69, 9.17) is 16.3 Å². The Labute approximate surface area is 195 Å². The molecule has 1 N–H and O–H groups in total. The molecule has 0 aliphatic rings. The van der Waals surface area contributed by atoms with Crippen LogP contribution in [0.4, 0.5) is 24.5 Å². The molecule has 0 spiro atoms. The minimum atomic E-state index is -4.53. The van der Waals surface area contributed by atoms with E-state index in [9.17, 15) is 22.9 Å². The molecule has 6 nitrogen and oxygen atoms in total. The van der Waals surface area contributed by atoms with Crippen molar-refractivity contribution in [2.24, 2.45) is 0 Å². The summed E-state index contributed by atoms with van der Waals surface area (Å²) < 4.78 is 44.5. The van der Waals surface area contributed by atoms with Gasteiger partial charge in [-0.3, -0.25) is 4.79 Å². The standard InChI is InChI=1S/C23H23ClF3N3O3/c1-4-30(5-2)12-13-33-21-10-9-18(15-20(21)29(3)32)28-22(31)11-7-16-6-8-17(14-19(16)24)23(25,26)27/h6,8-10,14-15H,4-5,12-13H2,1-3H3/p+1. The van der Waals surface area contributed by atoms with Crippen LogP contribution in [0.25, 0.3) is 0 Å². The zero-order valence-corrected chi connectivity index (χ0v) is 19.2. The van der Waals surface area contributed by atoms with Gasteiger partial charge in [0, 0.05) is 39.4 Å². The molecule has 2 aromatic rings. The number of hydrogen-bond donors (Lipinski definition) is 1. The van der Waals surface area contributed by atoms with Gasteiger partial charge in [0.1, 0.15) is 6.61 Å². The van der Waals surface area contributed by atoms with Crippen LogP contribution in [-0.4, -0.2) is 48.9 Å². The van der Waals surface area contributed by atoms with Crippen LogP contribution >= 0.6 is 11.6 Å². The smallest absolute Gasteiger partial charge is 0.416 e. The predicted molar refractivity (Wildman–Crippen MR) is 121 cm³/mol. The van der Waals surface area contributed by atoms with Crippen molar-refractivity contribution in [2.45, 2.75) is 20.0 Å². The number of carbonyl (C=O) groups is 1. The second kappa shape index (κ2) is 11.7. The summed E-state index contributed by atoms with van der Waals surface area (Å²) in [6.07, 6.45) is -4.53. The summed E-state index contributed by atoms with van der Waals surface area (Å²) in [5.74, 6) is 4.38. The summed E-state index contributed by atoms with van der Waals surface area (Å²) >= 11 is 5.84. The maximum atomic E-state index is 12.7. The number of nitrogens with zero attached hydrogens (tertiary/aromatic N) is 2. The fourth-order valence-electron chi connectivity index (χ4n) is 2.87. The maximum absolute atomic E-state index is 12.7. The third-order valence-corrected chi connectivity index (χ3v) is 5.04. The van der Waals surface area contributed by atoms with Crippen molar-refractivity contribution in [2.75, 3.05) is 38.6 Å². The Hall–Kier alpha value is -3.09. The number of nitroso groups, excluding NO2 is 1. The van der Waals surface area contributed by atoms with Crippen LogP contribution in [-0.2, 0) is 11.0 Å². The number of carbonyl (C=O) groups excluding carboxylic acids is 1. The first-order valence-corrected chi connectivity index (χ1v) is 10.5. The van der Waals surface area contributed by atoms with E-state index in [-0.39, 0.29) is 16.3 Å². The number of alkyl halides is 3. The lowest BCUT2D eigenvalue weighted by molar-refractivity contribution is -0.429. The van der Waals surface area contributed by atoms with Crippen molar-refractivity contribution in [1.82, 2.24) is 4.90 Å². The van der Waals surface area contributed by atoms with E-state index in [0.29, 0.717) is 29.3 Å². The number of likely N-dealkylation sites (N-methyl/N-ethyl adjacent to an activating group) is 1. The zero-order chi connectivity index (χ0) is 24.6. The summed E-state index contributed by atoms with van der Waals surface area (Å²) in [6.45, 7) is 6.97. The van der Waals surface area contributed by atoms with Gasteiger partial charge >= 0.3 is 12.1 Å². The Morgan fingerprint density at radius 2 is 1.88 bits per heavy atom. The highest BCUT2D eigenvalue weighted by molar-refractivity contribution is 6.31. The first-order chi connectivity index (χ1) is 15.5. The van der Waals surface area contributed by atoms with E-state index in [1.807, 2.05) is 13.8 Å². The van der Waals surface area contributed by atoms with Crippen LogP contribution in [0.2, 0.25) is 5.02 Å². The minimum absolute atomic E-state index is 0.0803. The number of benzene rings is 2. The Morgan fingerprint density at radius 3 is 2.45 bits per heavy atom. The van der Waals surface area contributed by atoms with Crippen molar-refractivity contribution in [3.05, 3.63) is 57.5 Å². The van der Waals surface area contributed by atoms with E-state index < -0.39 is 17.6 Å². The molecule has 0 unspecified atom stereocenters. The fraction of sp³-hybridized carbons (Fsp3) is 0.348. The molecular formula is C23H24ClF3N3O3+. The predicted octanol–water partition coefficient (Wildman–Crippen LogP) is 5.11. The highest BCUT2D eigenvalue weighted by Gasteiger charge is 2.30. The number of rotatable bonds is 8. The molecule has 0 aliphatic carbocycles. The van der Waals surface area contributed by atoms with Gasteiger partial charge in [0.15, 0.2) is 12.8 Å². The van der Waals surface area contributed by atoms with Crippen LogP contribution in [0.15, 0.2) is 36.4 Å². The molecule has 0 aromatic heterocycles. The largest absolute Gasteiger partial charge is 0.485 e. The van der Waals surface area contributed by atoms with Gasteiger partial charge < -0.3 is 15.0 Å². The molecule has 2 rings (SSSR count). The van der Waals surface area contributed by atoms with Crippen molar-refractivity contribution in [3.63, 3.8) is 0 Å². The minimum Gasteiger partial charge on any atom is -0.485 e. The van der Waals surface area contributed by atoms with Gasteiger partial charge in [0.25, 0.3) is 5.69 Å². The third-order valence-electron chi connectivity index (χ3n) is 4.72. The first kappa shape index (κ1) is 26.2. The molecule has 176 valence electrons. The quantitative estimate of drug-likeness (QED) is 0.419. The Morgan fingerprint density at radius 1 is 1.18 bits per heavy atom. The number of amides is 1. The maximum Gasteiger partial charge on any atom is 0.416 e. The van der Waals surface area contributed by atoms with Gasteiger partial charge in [0.05, 0.1) is 10.6 Å². The molecule has 0 saturated heterocycles. The molecule has 0 atom stereocenters. The number of nitrogens with one attached hydrogen (secondary N) is 1. The average molecular weight is 483 g/mol. The molecule has 0 bridgehead atoms. The number of ether oxygens (including phenoxy) is 1. The number of anilines is 1. The summed E-state index contributed by atoms with van der Waals surface area (Å²) in [4.78, 5) is 26.3. The van der Waals surface area contributed by atoms with Crippen LogP contribution in [0.5, 0.6) is 5.75 Å². The lowest BCUT2D eigenvalue weighted by Gasteiger charge is -2.18. The normalized spacial score (nSPS) is 11.0. The first-order valence-electron chi connectivity index (χ1n) is 10.1. The van der Waals surface area contributed by atoms with Crippen LogP contribution in [0.1, 0.15) is 25.0 Å². The molecule has 10 heteroatoms. The monoisotopic (exact) mass is 482 g/mol. The molecule has 0 aliphatic heterocycles. The van der Waals surface area contributed by atoms with E-state index in [0.717, 1.165) is 31.3 Å². The summed E-state index contributed by atoms with van der Waals surface area (Å²) in [7, 11) is 1.31. The second-order valence-corrected chi connectivity index (χ2v) is 7.36. The van der Waals surface area contributed by atoms with E-state index in [2.05, 4.69) is 22.1 Å². The zero-order valence-electron chi connectivity index (χ0n) is 18.4. The summed E-state index contributed by atoms with van der Waals surface area (Å²) in [6, 6.07) is 7.26. The Bertz CT molecular complexity index is 1070. The van der Waals surface area contributed by atoms with Gasteiger partial charge in [-0.1, -0.05) is 31.4 Å². The van der Waals surface area contributed by atoms with Crippen molar-refractivity contribution in [3.8, 4) is 17.6 Å². The molecule has 0 saturated carbocycles. The Balaban J connectivity index is 2.10. The van der Waals surface area contributed by atoms with Gasteiger partial charge in [-0.15, -0.1) is 0 Å². The van der Waals surface area contributed by atoms with Crippen LogP contribution < -0.4 is 10.1 Å². The molecule has 0 heterocycles. The lowest BCUT2D eigenvalue weighted by Crippen LogP contribution is -2.28. The third kappa shape index (κ3) is 7.77. The second-order valence-electron chi connectivity index (χ2n) is 6.95. The molecule has 0 radical (unpaired) electrons. The van der Waals surface area contributed by atoms with Crippen LogP contribution in [0.3, 0.4) is 0 Å². The topological polar surface area (TPSA) is 61.6 Å². The van der Waals surface area contributed by atoms with Gasteiger partial charge in [-0.25, -0.2) is 0 Å². The van der Waals surface area contributed by atoms with Gasteiger partial charge in [-0.05, 0) is 43.4 Å². The lowest BCUT2D eigenvalue weighted by atomic mass is 10.1. The Kier molecular flexibility index (Phi) is 9.26. The SMILES string of the molecule is CCN(CC)CCOc1ccc(NC(=O)C#Cc2ccc(C(F)(F)F)cc2Cl)cc1[N+](C)=O. The molecular weight excluding hydrogens is 459 g/mol. The van der Waals surface area contributed by atoms with Gasteiger partial charge in [-0.2, -0.15) is 13.2 Å². The molecule has 2 aromatic carbocycles. The van der Waals surface area contributed by atoms with E-state index in [1.165, 1.54) is 13.1 Å². The average Bonchev–Trinajstić information content (AvgIpc) is 2.75. The van der Waals surface area contributed by atoms with E-state index in [1.54, 1.807) is 12.1 Å². The molecule has 33 heavy (non-hydrogen) atoms. The van der Waals surface area contributed by atoms with Crippen molar-refractivity contribution >= 4 is 28.9 Å². The summed E-state index contributed by atoms with van der Waals surface area (Å²) in [5, 5.41) is 2.30. The van der Waals surface area contributed by atoms with Crippen molar-refractivity contribution in [1.29, 1.82) is 0 Å². The summed E-state index contributed by atoms with van der Waals surface area (Å²) in [5.41, 5.74) is -0.291. The highest BCUT2D eigenvalue weighted by atomic mass is 35.5. The van der Waals surface area contributed by atoms with E-state index >= 15 is 0 Å². The van der Waals surface area contributed by atoms with Crippen molar-refractivity contribution < 1.29 is 27.5 Å². The van der Waals surface area contributed by atoms with Crippen LogP contribution in [0, 0.1) is 16.7 Å². The molecule has 0 fully saturated rings. The number of hydrogen-bond acceptors (Lipinski definition) is 4. The fourth-order valence-corrected chi connectivity index (χ4v) is 3.09. The number of halogens is 4. The molecule has 1 amide bonds. The van der Waals surface area contributed by atoms with Gasteiger partial charge in [0.2, 0.25) is 0 Å².